The Balaban J connectivity index is 0.00000161. The van der Waals surface area contributed by atoms with Crippen LogP contribution in [0.1, 0.15) is 38.8 Å². The van der Waals surface area contributed by atoms with Gasteiger partial charge in [0.25, 0.3) is 0 Å². The first kappa shape index (κ1) is 16.2. The molecular weight excluding hydrogens is 373 g/mol. The molecule has 3 heterocycles. The van der Waals surface area contributed by atoms with Gasteiger partial charge in [-0.25, -0.2) is 9.55 Å². The molecule has 0 radical (unpaired) electrons. The van der Waals surface area contributed by atoms with Crippen molar-refractivity contribution in [2.75, 3.05) is 0 Å². The molecule has 0 spiro atoms. The smallest absolute Gasteiger partial charge is 0.197 e. The second kappa shape index (κ2) is 7.20. The summed E-state index contributed by atoms with van der Waals surface area (Å²) in [5, 5.41) is 0. The van der Waals surface area contributed by atoms with Crippen LogP contribution in [0.5, 0.6) is 0 Å². The third-order valence-corrected chi connectivity index (χ3v) is 3.80. The predicted octanol–water partition coefficient (Wildman–Crippen LogP) is 0.532. The molecular formula is C17H22IN3. The van der Waals surface area contributed by atoms with Crippen molar-refractivity contribution in [2.45, 2.75) is 46.1 Å². The lowest BCUT2D eigenvalue weighted by molar-refractivity contribution is -0.703. The molecule has 0 N–H and O–H groups in total. The molecule has 112 valence electrons. The molecule has 21 heavy (non-hydrogen) atoms. The van der Waals surface area contributed by atoms with Gasteiger partial charge in [0.1, 0.15) is 12.2 Å². The molecule has 3 aromatic rings. The van der Waals surface area contributed by atoms with Crippen LogP contribution in [0.15, 0.2) is 36.7 Å². The average molecular weight is 395 g/mol. The quantitative estimate of drug-likeness (QED) is 0.456. The van der Waals surface area contributed by atoms with Crippen molar-refractivity contribution in [3.8, 4) is 0 Å². The molecule has 0 aromatic carbocycles. The normalized spacial score (nSPS) is 11.0. The Bertz CT molecular complexity index is 733. The van der Waals surface area contributed by atoms with Gasteiger partial charge in [0.05, 0.1) is 5.52 Å². The SMILES string of the molecule is CCCC[n+]1cc2nc3ccccn3c2cc1CCC.[I-]. The van der Waals surface area contributed by atoms with Gasteiger partial charge in [0.2, 0.25) is 0 Å². The monoisotopic (exact) mass is 395 g/mol. The van der Waals surface area contributed by atoms with Gasteiger partial charge in [-0.2, -0.15) is 0 Å². The van der Waals surface area contributed by atoms with E-state index in [0.717, 1.165) is 24.1 Å². The van der Waals surface area contributed by atoms with Crippen LogP contribution in [-0.2, 0) is 13.0 Å². The minimum Gasteiger partial charge on any atom is -1.00 e. The first-order valence-electron chi connectivity index (χ1n) is 7.62. The van der Waals surface area contributed by atoms with Gasteiger partial charge in [0.15, 0.2) is 17.4 Å². The van der Waals surface area contributed by atoms with Crippen LogP contribution in [0, 0.1) is 0 Å². The molecule has 0 aliphatic rings. The number of nitrogens with zero attached hydrogens (tertiary/aromatic N) is 3. The Kier molecular flexibility index (Phi) is 5.56. The Morgan fingerprint density at radius 2 is 2.05 bits per heavy atom. The molecule has 0 unspecified atom stereocenters. The van der Waals surface area contributed by atoms with Crippen LogP contribution >= 0.6 is 0 Å². The third kappa shape index (κ3) is 3.20. The number of fused-ring (bicyclic) bond motifs is 3. The summed E-state index contributed by atoms with van der Waals surface area (Å²) >= 11 is 0. The highest BCUT2D eigenvalue weighted by Gasteiger charge is 2.15. The number of pyridine rings is 2. The van der Waals surface area contributed by atoms with Crippen LogP contribution in [0.2, 0.25) is 0 Å². The van der Waals surface area contributed by atoms with E-state index in [1.807, 2.05) is 6.07 Å². The summed E-state index contributed by atoms with van der Waals surface area (Å²) in [6, 6.07) is 8.48. The van der Waals surface area contributed by atoms with Gasteiger partial charge < -0.3 is 24.0 Å². The van der Waals surface area contributed by atoms with E-state index in [1.54, 1.807) is 0 Å². The highest BCUT2D eigenvalue weighted by atomic mass is 127. The lowest BCUT2D eigenvalue weighted by Gasteiger charge is -2.03. The fraction of sp³-hybridized carbons (Fsp3) is 0.412. The van der Waals surface area contributed by atoms with E-state index in [-0.39, 0.29) is 24.0 Å². The summed E-state index contributed by atoms with van der Waals surface area (Å²) < 4.78 is 4.57. The highest BCUT2D eigenvalue weighted by molar-refractivity contribution is 5.79. The number of aryl methyl sites for hydroxylation is 2. The van der Waals surface area contributed by atoms with E-state index in [9.17, 15) is 0 Å². The summed E-state index contributed by atoms with van der Waals surface area (Å²) in [7, 11) is 0. The first-order chi connectivity index (χ1) is 9.83. The molecule has 0 aliphatic carbocycles. The van der Waals surface area contributed by atoms with Crippen LogP contribution in [0.4, 0.5) is 0 Å². The zero-order valence-electron chi connectivity index (χ0n) is 12.7. The van der Waals surface area contributed by atoms with Crippen molar-refractivity contribution in [1.82, 2.24) is 9.38 Å². The van der Waals surface area contributed by atoms with Crippen molar-refractivity contribution in [1.29, 1.82) is 0 Å². The molecule has 0 aliphatic heterocycles. The largest absolute Gasteiger partial charge is 1.00 e. The minimum atomic E-state index is 0. The third-order valence-electron chi connectivity index (χ3n) is 3.80. The van der Waals surface area contributed by atoms with Crippen molar-refractivity contribution in [3.05, 3.63) is 42.4 Å². The fourth-order valence-corrected chi connectivity index (χ4v) is 2.75. The van der Waals surface area contributed by atoms with Crippen molar-refractivity contribution in [2.24, 2.45) is 0 Å². The number of hydrogen-bond acceptors (Lipinski definition) is 1. The lowest BCUT2D eigenvalue weighted by Crippen LogP contribution is -3.00. The molecule has 0 bridgehead atoms. The molecule has 0 saturated carbocycles. The van der Waals surface area contributed by atoms with Crippen LogP contribution in [-0.4, -0.2) is 9.38 Å². The number of aromatic nitrogens is 3. The Labute approximate surface area is 143 Å². The predicted molar refractivity (Wildman–Crippen MR) is 81.8 cm³/mol. The van der Waals surface area contributed by atoms with Crippen molar-refractivity contribution >= 4 is 16.7 Å². The standard InChI is InChI=1S/C17H22N3.HI/c1-3-5-10-19-13-15-16(12-14(19)8-4-2)20-11-7-6-9-17(20)18-15;/h6-7,9,11-13H,3-5,8,10H2,1-2H3;1H/q+1;/p-1. The number of imidazole rings is 1. The number of hydrogen-bond donors (Lipinski definition) is 0. The number of unbranched alkanes of at least 4 members (excludes halogenated alkanes) is 1. The van der Waals surface area contributed by atoms with E-state index in [1.165, 1.54) is 30.5 Å². The summed E-state index contributed by atoms with van der Waals surface area (Å²) in [6.45, 7) is 5.57. The van der Waals surface area contributed by atoms with Gasteiger partial charge in [-0.3, -0.25) is 4.40 Å². The molecule has 0 atom stereocenters. The van der Waals surface area contributed by atoms with Gasteiger partial charge in [-0.05, 0) is 18.6 Å². The second-order valence-corrected chi connectivity index (χ2v) is 5.37. The zero-order valence-corrected chi connectivity index (χ0v) is 14.9. The summed E-state index contributed by atoms with van der Waals surface area (Å²) in [4.78, 5) is 4.73. The topological polar surface area (TPSA) is 21.2 Å². The van der Waals surface area contributed by atoms with Gasteiger partial charge >= 0.3 is 0 Å². The Morgan fingerprint density at radius 1 is 1.19 bits per heavy atom. The van der Waals surface area contributed by atoms with Gasteiger partial charge in [-0.15, -0.1) is 0 Å². The highest BCUT2D eigenvalue weighted by Crippen LogP contribution is 2.16. The van der Waals surface area contributed by atoms with Gasteiger partial charge in [0, 0.05) is 25.1 Å². The van der Waals surface area contributed by atoms with E-state index >= 15 is 0 Å². The molecule has 3 aromatic heterocycles. The van der Waals surface area contributed by atoms with Crippen molar-refractivity contribution in [3.63, 3.8) is 0 Å². The maximum atomic E-state index is 4.73. The molecule has 3 rings (SSSR count). The van der Waals surface area contributed by atoms with Crippen LogP contribution < -0.4 is 28.5 Å². The molecule has 4 heteroatoms. The first-order valence-corrected chi connectivity index (χ1v) is 7.62. The van der Waals surface area contributed by atoms with E-state index in [0.29, 0.717) is 0 Å². The van der Waals surface area contributed by atoms with E-state index in [4.69, 9.17) is 4.98 Å². The maximum absolute atomic E-state index is 4.73. The lowest BCUT2D eigenvalue weighted by atomic mass is 10.2. The second-order valence-electron chi connectivity index (χ2n) is 5.37. The fourth-order valence-electron chi connectivity index (χ4n) is 2.75. The summed E-state index contributed by atoms with van der Waals surface area (Å²) in [5.41, 5.74) is 4.75. The maximum Gasteiger partial charge on any atom is 0.197 e. The number of halogens is 1. The van der Waals surface area contributed by atoms with E-state index in [2.05, 4.69) is 53.4 Å². The molecule has 0 fully saturated rings. The van der Waals surface area contributed by atoms with Crippen LogP contribution in [0.3, 0.4) is 0 Å². The minimum absolute atomic E-state index is 0. The Hall–Kier alpha value is -1.17. The van der Waals surface area contributed by atoms with Gasteiger partial charge in [-0.1, -0.05) is 26.3 Å². The molecule has 3 nitrogen and oxygen atoms in total. The summed E-state index contributed by atoms with van der Waals surface area (Å²) in [6.07, 6.45) is 9.07. The molecule has 0 amide bonds. The van der Waals surface area contributed by atoms with Crippen LogP contribution in [0.25, 0.3) is 16.7 Å². The molecule has 0 saturated heterocycles. The average Bonchev–Trinajstić information content (AvgIpc) is 2.83. The number of rotatable bonds is 5. The zero-order chi connectivity index (χ0) is 13.9. The summed E-state index contributed by atoms with van der Waals surface area (Å²) in [5.74, 6) is 0. The van der Waals surface area contributed by atoms with E-state index < -0.39 is 0 Å². The Morgan fingerprint density at radius 3 is 2.81 bits per heavy atom. The van der Waals surface area contributed by atoms with Crippen molar-refractivity contribution < 1.29 is 28.5 Å².